The maximum Gasteiger partial charge on any atom is 0.335 e. The molecule has 1 aromatic rings. The van der Waals surface area contributed by atoms with Gasteiger partial charge in [0.15, 0.2) is 0 Å². The Morgan fingerprint density at radius 2 is 2.31 bits per heavy atom. The fraction of sp³-hybridized carbons (Fsp3) is 0.364. The highest BCUT2D eigenvalue weighted by molar-refractivity contribution is 7.99. The van der Waals surface area contributed by atoms with Crippen LogP contribution in [-0.4, -0.2) is 30.5 Å². The molecule has 0 amide bonds. The van der Waals surface area contributed by atoms with Crippen LogP contribution in [0.25, 0.3) is 0 Å². The van der Waals surface area contributed by atoms with Crippen molar-refractivity contribution < 1.29 is 14.6 Å². The first-order valence-electron chi connectivity index (χ1n) is 4.89. The predicted molar refractivity (Wildman–Crippen MR) is 65.0 cm³/mol. The highest BCUT2D eigenvalue weighted by Crippen LogP contribution is 2.26. The second-order valence-electron chi connectivity index (χ2n) is 3.25. The normalized spacial score (nSPS) is 10.3. The largest absolute Gasteiger partial charge is 0.478 e. The monoisotopic (exact) mass is 241 g/mol. The fourth-order valence-corrected chi connectivity index (χ4v) is 2.07. The van der Waals surface area contributed by atoms with Gasteiger partial charge in [0.2, 0.25) is 0 Å². The van der Waals surface area contributed by atoms with E-state index in [4.69, 9.17) is 15.6 Å². The molecule has 0 heterocycles. The van der Waals surface area contributed by atoms with Crippen molar-refractivity contribution in [1.82, 2.24) is 0 Å². The molecule has 0 bridgehead atoms. The Morgan fingerprint density at radius 3 is 2.88 bits per heavy atom. The molecule has 4 nitrogen and oxygen atoms in total. The average Bonchev–Trinajstić information content (AvgIpc) is 2.26. The molecule has 1 rings (SSSR count). The van der Waals surface area contributed by atoms with Crippen LogP contribution in [0.4, 0.5) is 5.69 Å². The molecule has 0 aliphatic carbocycles. The van der Waals surface area contributed by atoms with Gasteiger partial charge in [0.1, 0.15) is 0 Å². The fourth-order valence-electron chi connectivity index (χ4n) is 1.20. The lowest BCUT2D eigenvalue weighted by Gasteiger charge is -2.06. The van der Waals surface area contributed by atoms with E-state index in [9.17, 15) is 4.79 Å². The topological polar surface area (TPSA) is 72.5 Å². The van der Waals surface area contributed by atoms with Crippen LogP contribution in [0.1, 0.15) is 16.8 Å². The number of aromatic carboxylic acids is 1. The van der Waals surface area contributed by atoms with Gasteiger partial charge in [-0.05, 0) is 24.6 Å². The number of carbonyl (C=O) groups is 1. The zero-order chi connectivity index (χ0) is 12.0. The molecule has 0 spiro atoms. The third-order valence-corrected chi connectivity index (χ3v) is 3.18. The Hall–Kier alpha value is -1.20. The highest BCUT2D eigenvalue weighted by atomic mass is 32.2. The van der Waals surface area contributed by atoms with E-state index in [1.165, 1.54) is 6.07 Å². The number of carboxylic acid groups (broad SMARTS) is 1. The second-order valence-corrected chi connectivity index (χ2v) is 4.39. The zero-order valence-electron chi connectivity index (χ0n) is 9.10. The van der Waals surface area contributed by atoms with E-state index in [1.54, 1.807) is 31.0 Å². The smallest absolute Gasteiger partial charge is 0.335 e. The van der Waals surface area contributed by atoms with E-state index in [1.807, 2.05) is 0 Å². The number of nitrogens with two attached hydrogens (primary N) is 1. The van der Waals surface area contributed by atoms with Crippen molar-refractivity contribution in [1.29, 1.82) is 0 Å². The minimum Gasteiger partial charge on any atom is -0.478 e. The summed E-state index contributed by atoms with van der Waals surface area (Å²) in [5.74, 6) is -0.0487. The third kappa shape index (κ3) is 3.75. The summed E-state index contributed by atoms with van der Waals surface area (Å²) in [6, 6.07) is 4.80. The average molecular weight is 241 g/mol. The number of methoxy groups -OCH3 is 1. The summed E-state index contributed by atoms with van der Waals surface area (Å²) in [5.41, 5.74) is 6.50. The first-order valence-corrected chi connectivity index (χ1v) is 5.88. The summed E-state index contributed by atoms with van der Waals surface area (Å²) in [6.45, 7) is 0.722. The molecule has 0 saturated carbocycles. The molecule has 3 N–H and O–H groups in total. The van der Waals surface area contributed by atoms with E-state index >= 15 is 0 Å². The van der Waals surface area contributed by atoms with Crippen LogP contribution in [0.15, 0.2) is 23.1 Å². The van der Waals surface area contributed by atoms with Gasteiger partial charge < -0.3 is 15.6 Å². The van der Waals surface area contributed by atoms with E-state index in [0.29, 0.717) is 5.69 Å². The Bertz CT molecular complexity index is 368. The maximum atomic E-state index is 10.7. The molecule has 0 atom stereocenters. The lowest BCUT2D eigenvalue weighted by Crippen LogP contribution is -1.99. The Morgan fingerprint density at radius 1 is 1.56 bits per heavy atom. The molecule has 0 aliphatic rings. The number of thioether (sulfide) groups is 1. The van der Waals surface area contributed by atoms with Gasteiger partial charge in [-0.25, -0.2) is 4.79 Å². The first-order chi connectivity index (χ1) is 7.65. The van der Waals surface area contributed by atoms with Crippen LogP contribution >= 0.6 is 11.8 Å². The number of rotatable bonds is 6. The molecular weight excluding hydrogens is 226 g/mol. The predicted octanol–water partition coefficient (Wildman–Crippen LogP) is 2.10. The summed E-state index contributed by atoms with van der Waals surface area (Å²) >= 11 is 1.61. The van der Waals surface area contributed by atoms with Crippen molar-refractivity contribution >= 4 is 23.4 Å². The summed E-state index contributed by atoms with van der Waals surface area (Å²) < 4.78 is 4.94. The SMILES string of the molecule is COCCCSc1ccc(C(=O)O)cc1N. The van der Waals surface area contributed by atoms with Crippen molar-refractivity contribution in [3.8, 4) is 0 Å². The number of nitrogen functional groups attached to an aromatic ring is 1. The molecule has 1 aromatic carbocycles. The molecule has 0 aromatic heterocycles. The summed E-state index contributed by atoms with van der Waals surface area (Å²) in [6.07, 6.45) is 0.946. The van der Waals surface area contributed by atoms with E-state index in [-0.39, 0.29) is 5.56 Å². The molecule has 5 heteroatoms. The summed E-state index contributed by atoms with van der Waals surface area (Å²) in [7, 11) is 1.67. The van der Waals surface area contributed by atoms with Crippen molar-refractivity contribution in [2.24, 2.45) is 0 Å². The molecule has 0 radical (unpaired) electrons. The lowest BCUT2D eigenvalue weighted by atomic mass is 10.2. The number of ether oxygens (including phenoxy) is 1. The van der Waals surface area contributed by atoms with Crippen molar-refractivity contribution in [2.45, 2.75) is 11.3 Å². The highest BCUT2D eigenvalue weighted by Gasteiger charge is 2.06. The molecule has 0 aliphatic heterocycles. The number of anilines is 1. The second kappa shape index (κ2) is 6.40. The number of carboxylic acids is 1. The maximum absolute atomic E-state index is 10.7. The Kier molecular flexibility index (Phi) is 5.14. The van der Waals surface area contributed by atoms with E-state index in [0.717, 1.165) is 23.7 Å². The Balaban J connectivity index is 2.57. The minimum atomic E-state index is -0.956. The van der Waals surface area contributed by atoms with Crippen molar-refractivity contribution in [2.75, 3.05) is 25.2 Å². The summed E-state index contributed by atoms with van der Waals surface area (Å²) in [5, 5.41) is 8.77. The van der Waals surface area contributed by atoms with E-state index in [2.05, 4.69) is 0 Å². The van der Waals surface area contributed by atoms with Gasteiger partial charge in [0.25, 0.3) is 0 Å². The number of hydrogen-bond donors (Lipinski definition) is 2. The lowest BCUT2D eigenvalue weighted by molar-refractivity contribution is 0.0697. The van der Waals surface area contributed by atoms with Crippen LogP contribution in [0.3, 0.4) is 0 Å². The van der Waals surface area contributed by atoms with Crippen LogP contribution in [0.5, 0.6) is 0 Å². The van der Waals surface area contributed by atoms with Crippen LogP contribution in [0.2, 0.25) is 0 Å². The van der Waals surface area contributed by atoms with Gasteiger partial charge in [-0.1, -0.05) is 0 Å². The minimum absolute atomic E-state index is 0.221. The standard InChI is InChI=1S/C11H15NO3S/c1-15-5-2-6-16-10-4-3-8(11(13)14)7-9(10)12/h3-4,7H,2,5-6,12H2,1H3,(H,13,14). The zero-order valence-corrected chi connectivity index (χ0v) is 9.92. The van der Waals surface area contributed by atoms with Gasteiger partial charge in [0.05, 0.1) is 5.56 Å². The molecule has 0 fully saturated rings. The van der Waals surface area contributed by atoms with Gasteiger partial charge in [-0.3, -0.25) is 0 Å². The first kappa shape index (κ1) is 12.9. The van der Waals surface area contributed by atoms with Gasteiger partial charge in [-0.2, -0.15) is 0 Å². The molecule has 16 heavy (non-hydrogen) atoms. The molecular formula is C11H15NO3S. The van der Waals surface area contributed by atoms with Crippen LogP contribution < -0.4 is 5.73 Å². The van der Waals surface area contributed by atoms with Crippen molar-refractivity contribution in [3.05, 3.63) is 23.8 Å². The van der Waals surface area contributed by atoms with Crippen LogP contribution in [0, 0.1) is 0 Å². The Labute approximate surface area is 98.8 Å². The number of hydrogen-bond acceptors (Lipinski definition) is 4. The summed E-state index contributed by atoms with van der Waals surface area (Å²) in [4.78, 5) is 11.6. The molecule has 88 valence electrons. The molecule has 0 unspecified atom stereocenters. The quantitative estimate of drug-likeness (QED) is 0.453. The van der Waals surface area contributed by atoms with E-state index < -0.39 is 5.97 Å². The molecule has 0 saturated heterocycles. The van der Waals surface area contributed by atoms with Gasteiger partial charge >= 0.3 is 5.97 Å². The third-order valence-electron chi connectivity index (χ3n) is 2.01. The number of benzene rings is 1. The van der Waals surface area contributed by atoms with Gasteiger partial charge in [0, 0.05) is 30.1 Å². The van der Waals surface area contributed by atoms with Crippen LogP contribution in [-0.2, 0) is 4.74 Å². The van der Waals surface area contributed by atoms with Crippen molar-refractivity contribution in [3.63, 3.8) is 0 Å². The van der Waals surface area contributed by atoms with Gasteiger partial charge in [-0.15, -0.1) is 11.8 Å².